The summed E-state index contributed by atoms with van der Waals surface area (Å²) in [7, 11) is 4.19. The predicted molar refractivity (Wildman–Crippen MR) is 97.4 cm³/mol. The number of nitrogens with two attached hydrogens (primary N) is 1. The summed E-state index contributed by atoms with van der Waals surface area (Å²) in [4.78, 5) is 2.17. The summed E-state index contributed by atoms with van der Waals surface area (Å²) in [6, 6.07) is 17.5. The summed E-state index contributed by atoms with van der Waals surface area (Å²) in [5.41, 5.74) is 10.9. The molecule has 2 nitrogen and oxygen atoms in total. The van der Waals surface area contributed by atoms with Crippen molar-refractivity contribution in [2.24, 2.45) is 11.7 Å². The summed E-state index contributed by atoms with van der Waals surface area (Å²) in [5, 5.41) is 0. The summed E-state index contributed by atoms with van der Waals surface area (Å²) in [6.45, 7) is 3.08. The molecule has 0 spiro atoms. The van der Waals surface area contributed by atoms with E-state index in [1.165, 1.54) is 28.8 Å². The molecular weight excluding hydrogens is 268 g/mol. The van der Waals surface area contributed by atoms with Gasteiger partial charge in [-0.2, -0.15) is 0 Å². The number of rotatable bonds is 7. The standard InChI is InChI=1S/C20H28N2/c1-16(13-14-21)11-12-17-7-6-8-18(15-17)19-9-4-5-10-20(19)22(2)3/h4-10,15-16H,11-14,21H2,1-3H3. The molecule has 1 atom stereocenters. The van der Waals surface area contributed by atoms with Gasteiger partial charge in [0, 0.05) is 25.3 Å². The van der Waals surface area contributed by atoms with E-state index in [0.717, 1.165) is 19.4 Å². The molecule has 2 aromatic carbocycles. The summed E-state index contributed by atoms with van der Waals surface area (Å²) in [5.74, 6) is 0.697. The topological polar surface area (TPSA) is 29.3 Å². The number of aryl methyl sites for hydroxylation is 1. The van der Waals surface area contributed by atoms with Crippen molar-refractivity contribution >= 4 is 5.69 Å². The Kier molecular flexibility index (Phi) is 6.02. The highest BCUT2D eigenvalue weighted by atomic mass is 15.1. The minimum Gasteiger partial charge on any atom is -0.377 e. The van der Waals surface area contributed by atoms with Gasteiger partial charge in [0.15, 0.2) is 0 Å². The fraction of sp³-hybridized carbons (Fsp3) is 0.400. The maximum Gasteiger partial charge on any atom is 0.0440 e. The van der Waals surface area contributed by atoms with Crippen LogP contribution in [-0.2, 0) is 6.42 Å². The van der Waals surface area contributed by atoms with Crippen LogP contribution in [0.4, 0.5) is 5.69 Å². The quantitative estimate of drug-likeness (QED) is 0.823. The highest BCUT2D eigenvalue weighted by Crippen LogP contribution is 2.30. The molecule has 0 aromatic heterocycles. The minimum atomic E-state index is 0.697. The molecule has 0 saturated heterocycles. The van der Waals surface area contributed by atoms with E-state index < -0.39 is 0 Å². The zero-order chi connectivity index (χ0) is 15.9. The Bertz CT molecular complexity index is 590. The Morgan fingerprint density at radius 2 is 1.77 bits per heavy atom. The van der Waals surface area contributed by atoms with Gasteiger partial charge in [0.25, 0.3) is 0 Å². The third-order valence-electron chi connectivity index (χ3n) is 4.21. The van der Waals surface area contributed by atoms with Crippen LogP contribution in [0.5, 0.6) is 0 Å². The van der Waals surface area contributed by atoms with Crippen molar-refractivity contribution in [2.75, 3.05) is 25.5 Å². The average molecular weight is 296 g/mol. The minimum absolute atomic E-state index is 0.697. The van der Waals surface area contributed by atoms with E-state index in [0.29, 0.717) is 5.92 Å². The maximum absolute atomic E-state index is 5.64. The van der Waals surface area contributed by atoms with Crippen molar-refractivity contribution in [3.8, 4) is 11.1 Å². The summed E-state index contributed by atoms with van der Waals surface area (Å²) < 4.78 is 0. The smallest absolute Gasteiger partial charge is 0.0440 e. The van der Waals surface area contributed by atoms with Crippen LogP contribution in [0.3, 0.4) is 0 Å². The van der Waals surface area contributed by atoms with Crippen LogP contribution in [0.1, 0.15) is 25.3 Å². The van der Waals surface area contributed by atoms with E-state index in [9.17, 15) is 0 Å². The summed E-state index contributed by atoms with van der Waals surface area (Å²) in [6.07, 6.45) is 3.44. The van der Waals surface area contributed by atoms with Crippen molar-refractivity contribution in [1.29, 1.82) is 0 Å². The molecule has 0 aliphatic heterocycles. The van der Waals surface area contributed by atoms with E-state index in [4.69, 9.17) is 5.73 Å². The van der Waals surface area contributed by atoms with Gasteiger partial charge >= 0.3 is 0 Å². The number of hydrogen-bond acceptors (Lipinski definition) is 2. The maximum atomic E-state index is 5.64. The molecule has 0 heterocycles. The van der Waals surface area contributed by atoms with Crippen LogP contribution in [0.25, 0.3) is 11.1 Å². The zero-order valence-electron chi connectivity index (χ0n) is 14.0. The van der Waals surface area contributed by atoms with Gasteiger partial charge in [-0.25, -0.2) is 0 Å². The van der Waals surface area contributed by atoms with E-state index in [-0.39, 0.29) is 0 Å². The van der Waals surface area contributed by atoms with Crippen molar-refractivity contribution in [1.82, 2.24) is 0 Å². The SMILES string of the molecule is CC(CCN)CCc1cccc(-c2ccccc2N(C)C)c1. The van der Waals surface area contributed by atoms with Gasteiger partial charge in [0.1, 0.15) is 0 Å². The number of nitrogens with zero attached hydrogens (tertiary/aromatic N) is 1. The number of para-hydroxylation sites is 1. The van der Waals surface area contributed by atoms with Crippen molar-refractivity contribution in [2.45, 2.75) is 26.2 Å². The van der Waals surface area contributed by atoms with E-state index in [2.05, 4.69) is 74.4 Å². The third kappa shape index (κ3) is 4.35. The van der Waals surface area contributed by atoms with Gasteiger partial charge in [0.05, 0.1) is 0 Å². The van der Waals surface area contributed by atoms with Crippen LogP contribution >= 0.6 is 0 Å². The second-order valence-electron chi connectivity index (χ2n) is 6.33. The van der Waals surface area contributed by atoms with E-state index in [1.54, 1.807) is 0 Å². The Morgan fingerprint density at radius 3 is 2.50 bits per heavy atom. The van der Waals surface area contributed by atoms with Crippen LogP contribution in [0.2, 0.25) is 0 Å². The lowest BCUT2D eigenvalue weighted by molar-refractivity contribution is 0.500. The lowest BCUT2D eigenvalue weighted by Crippen LogP contribution is -2.09. The van der Waals surface area contributed by atoms with Crippen molar-refractivity contribution in [3.63, 3.8) is 0 Å². The molecule has 2 N–H and O–H groups in total. The molecule has 0 bridgehead atoms. The molecule has 0 radical (unpaired) electrons. The first-order valence-electron chi connectivity index (χ1n) is 8.17. The third-order valence-corrected chi connectivity index (χ3v) is 4.21. The molecule has 0 aliphatic rings. The highest BCUT2D eigenvalue weighted by molar-refractivity contribution is 5.78. The van der Waals surface area contributed by atoms with Crippen LogP contribution in [0.15, 0.2) is 48.5 Å². The van der Waals surface area contributed by atoms with E-state index >= 15 is 0 Å². The molecule has 2 rings (SSSR count). The Morgan fingerprint density at radius 1 is 1.00 bits per heavy atom. The van der Waals surface area contributed by atoms with Gasteiger partial charge in [-0.1, -0.05) is 49.4 Å². The Balaban J connectivity index is 2.18. The molecule has 0 fully saturated rings. The number of anilines is 1. The molecule has 2 aromatic rings. The van der Waals surface area contributed by atoms with Gasteiger partial charge in [-0.05, 0) is 48.9 Å². The fourth-order valence-electron chi connectivity index (χ4n) is 2.84. The first-order valence-corrected chi connectivity index (χ1v) is 8.17. The predicted octanol–water partition coefficient (Wildman–Crippen LogP) is 4.34. The molecule has 118 valence electrons. The molecule has 2 heteroatoms. The highest BCUT2D eigenvalue weighted by Gasteiger charge is 2.07. The molecule has 22 heavy (non-hydrogen) atoms. The van der Waals surface area contributed by atoms with Crippen molar-refractivity contribution in [3.05, 3.63) is 54.1 Å². The number of benzene rings is 2. The van der Waals surface area contributed by atoms with Crippen LogP contribution < -0.4 is 10.6 Å². The number of hydrogen-bond donors (Lipinski definition) is 1. The fourth-order valence-corrected chi connectivity index (χ4v) is 2.84. The summed E-state index contributed by atoms with van der Waals surface area (Å²) >= 11 is 0. The normalized spacial score (nSPS) is 12.2. The van der Waals surface area contributed by atoms with Crippen LogP contribution in [-0.4, -0.2) is 20.6 Å². The van der Waals surface area contributed by atoms with E-state index in [1.807, 2.05) is 0 Å². The Labute approximate surface area is 135 Å². The first kappa shape index (κ1) is 16.6. The van der Waals surface area contributed by atoms with Crippen molar-refractivity contribution < 1.29 is 0 Å². The second kappa shape index (κ2) is 8.00. The lowest BCUT2D eigenvalue weighted by atomic mass is 9.95. The average Bonchev–Trinajstić information content (AvgIpc) is 2.53. The largest absolute Gasteiger partial charge is 0.377 e. The molecule has 0 amide bonds. The lowest BCUT2D eigenvalue weighted by Gasteiger charge is -2.18. The van der Waals surface area contributed by atoms with Crippen LogP contribution in [0, 0.1) is 5.92 Å². The molecule has 1 unspecified atom stereocenters. The first-order chi connectivity index (χ1) is 10.6. The van der Waals surface area contributed by atoms with Gasteiger partial charge in [-0.3, -0.25) is 0 Å². The second-order valence-corrected chi connectivity index (χ2v) is 6.33. The van der Waals surface area contributed by atoms with Gasteiger partial charge in [-0.15, -0.1) is 0 Å². The Hall–Kier alpha value is -1.80. The molecule has 0 saturated carbocycles. The molecular formula is C20H28N2. The zero-order valence-corrected chi connectivity index (χ0v) is 14.0. The van der Waals surface area contributed by atoms with Gasteiger partial charge < -0.3 is 10.6 Å². The monoisotopic (exact) mass is 296 g/mol. The molecule has 0 aliphatic carbocycles. The van der Waals surface area contributed by atoms with Gasteiger partial charge in [0.2, 0.25) is 0 Å².